The van der Waals surface area contributed by atoms with E-state index in [9.17, 15) is 9.59 Å². The van der Waals surface area contributed by atoms with E-state index in [-0.39, 0.29) is 11.8 Å². The van der Waals surface area contributed by atoms with Crippen molar-refractivity contribution in [1.82, 2.24) is 9.88 Å². The number of aromatic nitrogens is 1. The van der Waals surface area contributed by atoms with Crippen LogP contribution in [0.1, 0.15) is 40.4 Å². The lowest BCUT2D eigenvalue weighted by molar-refractivity contribution is -0.131. The minimum Gasteiger partial charge on any atom is -0.497 e. The van der Waals surface area contributed by atoms with E-state index in [2.05, 4.69) is 0 Å². The second kappa shape index (κ2) is 9.64. The van der Waals surface area contributed by atoms with E-state index in [0.29, 0.717) is 18.5 Å². The third-order valence-electron chi connectivity index (χ3n) is 5.92. The summed E-state index contributed by atoms with van der Waals surface area (Å²) in [6.45, 7) is 1.43. The minimum absolute atomic E-state index is 0.130. The zero-order valence-electron chi connectivity index (χ0n) is 18.2. The molecular weight excluding hydrogens is 402 g/mol. The third-order valence-corrected chi connectivity index (χ3v) is 5.92. The van der Waals surface area contributed by atoms with Crippen molar-refractivity contribution in [3.63, 3.8) is 0 Å². The molecule has 2 aromatic carbocycles. The van der Waals surface area contributed by atoms with Gasteiger partial charge in [0.2, 0.25) is 11.8 Å². The lowest BCUT2D eigenvalue weighted by atomic mass is 9.93. The van der Waals surface area contributed by atoms with Crippen molar-refractivity contribution >= 4 is 11.8 Å². The van der Waals surface area contributed by atoms with Crippen molar-refractivity contribution in [3.8, 4) is 17.0 Å². The van der Waals surface area contributed by atoms with Crippen molar-refractivity contribution < 1.29 is 14.3 Å². The molecule has 1 saturated heterocycles. The fourth-order valence-electron chi connectivity index (χ4n) is 4.15. The maximum Gasteiger partial charge on any atom is 0.248 e. The molecule has 0 spiro atoms. The molecule has 2 N–H and O–H groups in total. The first-order valence-corrected chi connectivity index (χ1v) is 10.8. The summed E-state index contributed by atoms with van der Waals surface area (Å²) in [5.41, 5.74) is 9.48. The average Bonchev–Trinajstić information content (AvgIpc) is 2.84. The number of piperidine rings is 1. The van der Waals surface area contributed by atoms with Crippen LogP contribution < -0.4 is 10.5 Å². The first kappa shape index (κ1) is 21.6. The number of hydrogen-bond acceptors (Lipinski definition) is 4. The van der Waals surface area contributed by atoms with Gasteiger partial charge in [-0.25, -0.2) is 0 Å². The van der Waals surface area contributed by atoms with Crippen LogP contribution in [0.5, 0.6) is 5.75 Å². The van der Waals surface area contributed by atoms with Crippen molar-refractivity contribution in [1.29, 1.82) is 0 Å². The van der Waals surface area contributed by atoms with Gasteiger partial charge in [0.15, 0.2) is 0 Å². The van der Waals surface area contributed by atoms with Gasteiger partial charge in [0.1, 0.15) is 5.75 Å². The summed E-state index contributed by atoms with van der Waals surface area (Å²) in [6, 6.07) is 20.7. The number of rotatable bonds is 6. The third kappa shape index (κ3) is 4.97. The van der Waals surface area contributed by atoms with Crippen molar-refractivity contribution in [3.05, 3.63) is 83.6 Å². The monoisotopic (exact) mass is 429 g/mol. The van der Waals surface area contributed by atoms with Crippen LogP contribution in [0.4, 0.5) is 0 Å². The van der Waals surface area contributed by atoms with Gasteiger partial charge in [-0.2, -0.15) is 0 Å². The number of nitrogens with zero attached hydrogens (tertiary/aromatic N) is 2. The smallest absolute Gasteiger partial charge is 0.248 e. The number of pyridine rings is 1. The average molecular weight is 430 g/mol. The number of carbonyl (C=O) groups excluding carboxylic acids is 2. The summed E-state index contributed by atoms with van der Waals surface area (Å²) in [7, 11) is 1.63. The topological polar surface area (TPSA) is 85.5 Å². The first-order chi connectivity index (χ1) is 15.5. The van der Waals surface area contributed by atoms with Crippen molar-refractivity contribution in [2.45, 2.75) is 25.2 Å². The molecule has 2 amide bonds. The second-order valence-electron chi connectivity index (χ2n) is 8.10. The Labute approximate surface area is 188 Å². The molecule has 1 atom stereocenters. The van der Waals surface area contributed by atoms with Gasteiger partial charge in [-0.1, -0.05) is 30.3 Å². The number of likely N-dealkylation sites (tertiary alicyclic amines) is 1. The fourth-order valence-corrected chi connectivity index (χ4v) is 4.15. The van der Waals surface area contributed by atoms with Gasteiger partial charge in [-0.05, 0) is 54.8 Å². The van der Waals surface area contributed by atoms with E-state index >= 15 is 0 Å². The van der Waals surface area contributed by atoms with Crippen molar-refractivity contribution in [2.24, 2.45) is 5.73 Å². The Morgan fingerprint density at radius 3 is 2.62 bits per heavy atom. The van der Waals surface area contributed by atoms with Crippen LogP contribution in [-0.2, 0) is 11.2 Å². The second-order valence-corrected chi connectivity index (χ2v) is 8.10. The SMILES string of the molecule is COc1ccc(CC(=O)N2CCC[C@@H](c3cccc(-c4cccc(C(N)=O)c4)n3)C2)cc1. The van der Waals surface area contributed by atoms with Gasteiger partial charge in [-0.3, -0.25) is 14.6 Å². The van der Waals surface area contributed by atoms with Crippen molar-refractivity contribution in [2.75, 3.05) is 20.2 Å². The standard InChI is InChI=1S/C26H27N3O3/c1-32-22-12-10-18(11-13-22)15-25(30)29-14-4-7-21(17-29)24-9-3-8-23(28-24)19-5-2-6-20(16-19)26(27)31/h2-3,5-6,8-13,16,21H,4,7,14-15,17H2,1H3,(H2,27,31)/t21-/m1/s1. The Balaban J connectivity index is 1.47. The number of ether oxygens (including phenoxy) is 1. The molecule has 32 heavy (non-hydrogen) atoms. The highest BCUT2D eigenvalue weighted by molar-refractivity contribution is 5.94. The molecule has 0 saturated carbocycles. The Morgan fingerprint density at radius 1 is 1.09 bits per heavy atom. The molecule has 6 heteroatoms. The van der Waals surface area contributed by atoms with Gasteiger partial charge in [0.05, 0.1) is 19.2 Å². The zero-order chi connectivity index (χ0) is 22.5. The number of methoxy groups -OCH3 is 1. The summed E-state index contributed by atoms with van der Waals surface area (Å²) in [5, 5.41) is 0. The summed E-state index contributed by atoms with van der Waals surface area (Å²) < 4.78 is 5.19. The van der Waals surface area contributed by atoms with E-state index in [1.807, 2.05) is 59.5 Å². The zero-order valence-corrected chi connectivity index (χ0v) is 18.2. The molecule has 4 rings (SSSR count). The summed E-state index contributed by atoms with van der Waals surface area (Å²) in [4.78, 5) is 31.2. The Bertz CT molecular complexity index is 1110. The van der Waals surface area contributed by atoms with Crippen LogP contribution in [0, 0.1) is 0 Å². The minimum atomic E-state index is -0.457. The van der Waals surface area contributed by atoms with E-state index in [1.54, 1.807) is 19.2 Å². The Hall–Kier alpha value is -3.67. The fraction of sp³-hybridized carbons (Fsp3) is 0.269. The molecule has 1 fully saturated rings. The van der Waals surface area contributed by atoms with E-state index in [1.165, 1.54) is 0 Å². The molecule has 1 aliphatic heterocycles. The van der Waals surface area contributed by atoms with Crippen LogP contribution in [0.2, 0.25) is 0 Å². The molecule has 3 aromatic rings. The highest BCUT2D eigenvalue weighted by Gasteiger charge is 2.26. The van der Waals surface area contributed by atoms with Crippen LogP contribution in [0.3, 0.4) is 0 Å². The predicted molar refractivity (Wildman–Crippen MR) is 123 cm³/mol. The lowest BCUT2D eigenvalue weighted by Gasteiger charge is -2.32. The number of nitrogens with two attached hydrogens (primary N) is 1. The molecule has 0 bridgehead atoms. The highest BCUT2D eigenvalue weighted by Crippen LogP contribution is 2.28. The van der Waals surface area contributed by atoms with Gasteiger partial charge >= 0.3 is 0 Å². The maximum absolute atomic E-state index is 12.9. The lowest BCUT2D eigenvalue weighted by Crippen LogP contribution is -2.40. The largest absolute Gasteiger partial charge is 0.497 e. The number of carbonyl (C=O) groups is 2. The molecule has 6 nitrogen and oxygen atoms in total. The van der Waals surface area contributed by atoms with Gasteiger partial charge < -0.3 is 15.4 Å². The van der Waals surface area contributed by atoms with Gasteiger partial charge in [0, 0.05) is 35.8 Å². The maximum atomic E-state index is 12.9. The van der Waals surface area contributed by atoms with Crippen LogP contribution in [0.15, 0.2) is 66.7 Å². The molecule has 0 unspecified atom stereocenters. The molecule has 0 aliphatic carbocycles. The summed E-state index contributed by atoms with van der Waals surface area (Å²) >= 11 is 0. The summed E-state index contributed by atoms with van der Waals surface area (Å²) in [6.07, 6.45) is 2.32. The number of primary amides is 1. The molecular formula is C26H27N3O3. The normalized spacial score (nSPS) is 15.9. The molecule has 1 aliphatic rings. The Kier molecular flexibility index (Phi) is 6.50. The number of benzene rings is 2. The summed E-state index contributed by atoms with van der Waals surface area (Å²) in [5.74, 6) is 0.640. The highest BCUT2D eigenvalue weighted by atomic mass is 16.5. The predicted octanol–water partition coefficient (Wildman–Crippen LogP) is 3.80. The quantitative estimate of drug-likeness (QED) is 0.646. The van der Waals surface area contributed by atoms with Gasteiger partial charge in [-0.15, -0.1) is 0 Å². The number of hydrogen-bond donors (Lipinski definition) is 1. The van der Waals surface area contributed by atoms with Crippen LogP contribution >= 0.6 is 0 Å². The first-order valence-electron chi connectivity index (χ1n) is 10.8. The Morgan fingerprint density at radius 2 is 1.88 bits per heavy atom. The molecule has 0 radical (unpaired) electrons. The van der Waals surface area contributed by atoms with Crippen LogP contribution in [-0.4, -0.2) is 41.9 Å². The van der Waals surface area contributed by atoms with Gasteiger partial charge in [0.25, 0.3) is 0 Å². The van der Waals surface area contributed by atoms with E-state index in [0.717, 1.165) is 47.7 Å². The van der Waals surface area contributed by atoms with Crippen LogP contribution in [0.25, 0.3) is 11.3 Å². The molecule has 164 valence electrons. The number of amides is 2. The van der Waals surface area contributed by atoms with E-state index in [4.69, 9.17) is 15.5 Å². The molecule has 1 aromatic heterocycles. The van der Waals surface area contributed by atoms with E-state index < -0.39 is 5.91 Å². The molecule has 2 heterocycles.